The van der Waals surface area contributed by atoms with Crippen molar-refractivity contribution in [3.05, 3.63) is 12.2 Å². The molecule has 1 aromatic rings. The average Bonchev–Trinajstić information content (AvgIpc) is 2.46. The summed E-state index contributed by atoms with van der Waals surface area (Å²) >= 11 is 2.37. The van der Waals surface area contributed by atoms with Crippen molar-refractivity contribution in [2.45, 2.75) is 13.0 Å². The standard InChI is InChI=1S/C7H13IN4/c1-12-7(10-6-11-12)5-9-4-2-3-8/h6,9H,2-5H2,1H3. The Morgan fingerprint density at radius 1 is 1.67 bits per heavy atom. The van der Waals surface area contributed by atoms with E-state index < -0.39 is 0 Å². The van der Waals surface area contributed by atoms with Gasteiger partial charge in [-0.3, -0.25) is 4.68 Å². The summed E-state index contributed by atoms with van der Waals surface area (Å²) in [4.78, 5) is 4.10. The zero-order chi connectivity index (χ0) is 8.81. The van der Waals surface area contributed by atoms with Gasteiger partial charge >= 0.3 is 0 Å². The van der Waals surface area contributed by atoms with Crippen LogP contribution in [0.1, 0.15) is 12.2 Å². The lowest BCUT2D eigenvalue weighted by molar-refractivity contribution is 0.612. The normalized spacial score (nSPS) is 10.5. The summed E-state index contributed by atoms with van der Waals surface area (Å²) in [5, 5.41) is 7.28. The lowest BCUT2D eigenvalue weighted by Gasteiger charge is -2.01. The Morgan fingerprint density at radius 2 is 2.50 bits per heavy atom. The van der Waals surface area contributed by atoms with Crippen LogP contribution in [0.15, 0.2) is 6.33 Å². The Labute approximate surface area is 85.9 Å². The monoisotopic (exact) mass is 280 g/mol. The Kier molecular flexibility index (Phi) is 4.52. The molecule has 0 radical (unpaired) electrons. The molecule has 1 N–H and O–H groups in total. The Balaban J connectivity index is 2.20. The molecule has 0 aliphatic heterocycles. The highest BCUT2D eigenvalue weighted by molar-refractivity contribution is 14.1. The number of aromatic nitrogens is 3. The highest BCUT2D eigenvalue weighted by atomic mass is 127. The third kappa shape index (κ3) is 3.06. The highest BCUT2D eigenvalue weighted by Crippen LogP contribution is 1.90. The number of alkyl halides is 1. The van der Waals surface area contributed by atoms with Crippen LogP contribution >= 0.6 is 22.6 Å². The fraction of sp³-hybridized carbons (Fsp3) is 0.714. The molecule has 1 rings (SSSR count). The van der Waals surface area contributed by atoms with Gasteiger partial charge in [-0.2, -0.15) is 5.10 Å². The predicted octanol–water partition coefficient (Wildman–Crippen LogP) is 0.730. The van der Waals surface area contributed by atoms with Crippen LogP contribution in [-0.2, 0) is 13.6 Å². The van der Waals surface area contributed by atoms with E-state index >= 15 is 0 Å². The van der Waals surface area contributed by atoms with Crippen molar-refractivity contribution >= 4 is 22.6 Å². The fourth-order valence-corrected chi connectivity index (χ4v) is 1.25. The summed E-state index contributed by atoms with van der Waals surface area (Å²) in [6.07, 6.45) is 2.79. The van der Waals surface area contributed by atoms with Crippen molar-refractivity contribution in [1.82, 2.24) is 20.1 Å². The third-order valence-corrected chi connectivity index (χ3v) is 2.34. The minimum Gasteiger partial charge on any atom is -0.310 e. The van der Waals surface area contributed by atoms with Crippen LogP contribution in [0.25, 0.3) is 0 Å². The molecule has 0 fully saturated rings. The molecule has 68 valence electrons. The molecule has 1 aromatic heterocycles. The maximum Gasteiger partial charge on any atom is 0.140 e. The molecule has 12 heavy (non-hydrogen) atoms. The predicted molar refractivity (Wildman–Crippen MR) is 56.2 cm³/mol. The van der Waals surface area contributed by atoms with E-state index in [1.807, 2.05) is 7.05 Å². The number of hydrogen-bond donors (Lipinski definition) is 1. The molecule has 0 spiro atoms. The molecule has 5 heteroatoms. The van der Waals surface area contributed by atoms with Crippen LogP contribution in [0.3, 0.4) is 0 Å². The molecule has 4 nitrogen and oxygen atoms in total. The number of hydrogen-bond acceptors (Lipinski definition) is 3. The SMILES string of the molecule is Cn1ncnc1CNCCCI. The zero-order valence-electron chi connectivity index (χ0n) is 7.13. The van der Waals surface area contributed by atoms with E-state index in [1.165, 1.54) is 10.8 Å². The topological polar surface area (TPSA) is 42.7 Å². The van der Waals surface area contributed by atoms with Gasteiger partial charge in [0.15, 0.2) is 0 Å². The molecule has 0 bridgehead atoms. The lowest BCUT2D eigenvalue weighted by atomic mass is 10.4. The average molecular weight is 280 g/mol. The fourth-order valence-electron chi connectivity index (χ4n) is 0.872. The van der Waals surface area contributed by atoms with Gasteiger partial charge in [0, 0.05) is 11.5 Å². The minimum atomic E-state index is 0.813. The Morgan fingerprint density at radius 3 is 3.08 bits per heavy atom. The molecule has 1 heterocycles. The van der Waals surface area contributed by atoms with Crippen LogP contribution < -0.4 is 5.32 Å². The quantitative estimate of drug-likeness (QED) is 0.491. The molecule has 0 saturated carbocycles. The molecule has 0 aromatic carbocycles. The summed E-state index contributed by atoms with van der Waals surface area (Å²) in [6, 6.07) is 0. The Hall–Kier alpha value is -0.170. The van der Waals surface area contributed by atoms with Crippen molar-refractivity contribution in [3.63, 3.8) is 0 Å². The number of aryl methyl sites for hydroxylation is 1. The van der Waals surface area contributed by atoms with Gasteiger partial charge in [-0.25, -0.2) is 4.98 Å². The van der Waals surface area contributed by atoms with Gasteiger partial charge in [0.2, 0.25) is 0 Å². The second-order valence-corrected chi connectivity index (χ2v) is 3.60. The highest BCUT2D eigenvalue weighted by Gasteiger charge is 1.97. The van der Waals surface area contributed by atoms with Crippen molar-refractivity contribution in [2.24, 2.45) is 7.05 Å². The van der Waals surface area contributed by atoms with Gasteiger partial charge in [0.05, 0.1) is 6.54 Å². The van der Waals surface area contributed by atoms with Gasteiger partial charge in [-0.05, 0) is 13.0 Å². The van der Waals surface area contributed by atoms with Gasteiger partial charge in [0.25, 0.3) is 0 Å². The number of nitrogens with zero attached hydrogens (tertiary/aromatic N) is 3. The molecule has 0 amide bonds. The first-order chi connectivity index (χ1) is 5.84. The van der Waals surface area contributed by atoms with Crippen LogP contribution in [0.2, 0.25) is 0 Å². The second kappa shape index (κ2) is 5.47. The molecule has 0 aliphatic rings. The van der Waals surface area contributed by atoms with Crippen LogP contribution in [-0.4, -0.2) is 25.7 Å². The maximum absolute atomic E-state index is 4.10. The van der Waals surface area contributed by atoms with Crippen LogP contribution in [0, 0.1) is 0 Å². The lowest BCUT2D eigenvalue weighted by Crippen LogP contribution is -2.17. The summed E-state index contributed by atoms with van der Waals surface area (Å²) in [5.74, 6) is 0.989. The van der Waals surface area contributed by atoms with E-state index in [2.05, 4.69) is 38.0 Å². The first-order valence-electron chi connectivity index (χ1n) is 3.94. The molecule has 0 unspecified atom stereocenters. The summed E-state index contributed by atoms with van der Waals surface area (Å²) in [6.45, 7) is 1.86. The number of halogens is 1. The number of nitrogens with one attached hydrogen (secondary N) is 1. The first-order valence-corrected chi connectivity index (χ1v) is 5.46. The molecule has 0 aliphatic carbocycles. The van der Waals surface area contributed by atoms with E-state index in [0.717, 1.165) is 18.9 Å². The van der Waals surface area contributed by atoms with E-state index in [9.17, 15) is 0 Å². The molecule has 0 saturated heterocycles. The van der Waals surface area contributed by atoms with Gasteiger partial charge in [0.1, 0.15) is 12.2 Å². The third-order valence-electron chi connectivity index (χ3n) is 1.58. The van der Waals surface area contributed by atoms with Crippen molar-refractivity contribution in [3.8, 4) is 0 Å². The summed E-state index contributed by atoms with van der Waals surface area (Å²) in [5.41, 5.74) is 0. The van der Waals surface area contributed by atoms with E-state index in [-0.39, 0.29) is 0 Å². The first kappa shape index (κ1) is 9.91. The van der Waals surface area contributed by atoms with E-state index in [0.29, 0.717) is 0 Å². The molecule has 0 atom stereocenters. The molecular weight excluding hydrogens is 267 g/mol. The van der Waals surface area contributed by atoms with Crippen molar-refractivity contribution < 1.29 is 0 Å². The van der Waals surface area contributed by atoms with Crippen LogP contribution in [0.5, 0.6) is 0 Å². The maximum atomic E-state index is 4.10. The van der Waals surface area contributed by atoms with Crippen LogP contribution in [0.4, 0.5) is 0 Å². The molecular formula is C7H13IN4. The smallest absolute Gasteiger partial charge is 0.140 e. The minimum absolute atomic E-state index is 0.813. The van der Waals surface area contributed by atoms with E-state index in [1.54, 1.807) is 11.0 Å². The van der Waals surface area contributed by atoms with Gasteiger partial charge in [-0.1, -0.05) is 22.6 Å². The summed E-state index contributed by atoms with van der Waals surface area (Å²) < 4.78 is 2.99. The summed E-state index contributed by atoms with van der Waals surface area (Å²) in [7, 11) is 1.91. The van der Waals surface area contributed by atoms with E-state index in [4.69, 9.17) is 0 Å². The van der Waals surface area contributed by atoms with Crippen molar-refractivity contribution in [1.29, 1.82) is 0 Å². The van der Waals surface area contributed by atoms with Gasteiger partial charge < -0.3 is 5.32 Å². The number of rotatable bonds is 5. The van der Waals surface area contributed by atoms with Gasteiger partial charge in [-0.15, -0.1) is 0 Å². The Bertz CT molecular complexity index is 223. The largest absolute Gasteiger partial charge is 0.310 e. The second-order valence-electron chi connectivity index (χ2n) is 2.52. The zero-order valence-corrected chi connectivity index (χ0v) is 9.28. The van der Waals surface area contributed by atoms with Crippen molar-refractivity contribution in [2.75, 3.05) is 11.0 Å².